The molecule has 2 rings (SSSR count). The second kappa shape index (κ2) is 4.46. The average molecular weight is 243 g/mol. The van der Waals surface area contributed by atoms with Gasteiger partial charge in [0.2, 0.25) is 0 Å². The number of ether oxygens (including phenoxy) is 3. The van der Waals surface area contributed by atoms with Crippen molar-refractivity contribution in [2.45, 2.75) is 51.5 Å². The van der Waals surface area contributed by atoms with E-state index in [2.05, 4.69) is 0 Å². The molecule has 2 aliphatic rings. The molecule has 0 saturated carbocycles. The molecule has 2 saturated heterocycles. The summed E-state index contributed by atoms with van der Waals surface area (Å²) in [6.45, 7) is 9.43. The Morgan fingerprint density at radius 3 is 2.53 bits per heavy atom. The summed E-state index contributed by atoms with van der Waals surface area (Å²) >= 11 is 0. The summed E-state index contributed by atoms with van der Waals surface area (Å²) in [5.74, 6) is 0. The number of amides is 1. The number of epoxide rings is 1. The number of morpholine rings is 1. The molecule has 98 valence electrons. The standard InChI is InChI=1S/C12H21NO4/c1-8-10(9-7-16-9)13(5-6-15-8)11(14)17-12(2,3)4/h8-10H,5-7H2,1-4H3/t8-,9+,10?/m1/s1. The summed E-state index contributed by atoms with van der Waals surface area (Å²) in [4.78, 5) is 13.8. The molecule has 0 aromatic carbocycles. The van der Waals surface area contributed by atoms with Crippen molar-refractivity contribution >= 4 is 6.09 Å². The van der Waals surface area contributed by atoms with Gasteiger partial charge in [0.05, 0.1) is 25.4 Å². The van der Waals surface area contributed by atoms with Gasteiger partial charge in [0, 0.05) is 6.54 Å². The van der Waals surface area contributed by atoms with Gasteiger partial charge in [-0.3, -0.25) is 4.90 Å². The Labute approximate surface area is 102 Å². The lowest BCUT2D eigenvalue weighted by molar-refractivity contribution is -0.0747. The monoisotopic (exact) mass is 243 g/mol. The van der Waals surface area contributed by atoms with E-state index in [9.17, 15) is 4.79 Å². The van der Waals surface area contributed by atoms with Gasteiger partial charge in [-0.15, -0.1) is 0 Å². The first-order valence-corrected chi connectivity index (χ1v) is 6.11. The van der Waals surface area contributed by atoms with Crippen molar-refractivity contribution in [2.24, 2.45) is 0 Å². The molecule has 0 aromatic heterocycles. The van der Waals surface area contributed by atoms with E-state index < -0.39 is 5.60 Å². The van der Waals surface area contributed by atoms with Crippen LogP contribution in [-0.2, 0) is 14.2 Å². The fraction of sp³-hybridized carbons (Fsp3) is 0.917. The number of hydrogen-bond acceptors (Lipinski definition) is 4. The first-order valence-electron chi connectivity index (χ1n) is 6.11. The van der Waals surface area contributed by atoms with Crippen LogP contribution in [-0.4, -0.2) is 54.6 Å². The van der Waals surface area contributed by atoms with Gasteiger partial charge in [-0.25, -0.2) is 4.79 Å². The zero-order valence-corrected chi connectivity index (χ0v) is 10.9. The van der Waals surface area contributed by atoms with E-state index in [1.54, 1.807) is 4.90 Å². The van der Waals surface area contributed by atoms with Gasteiger partial charge in [-0.1, -0.05) is 0 Å². The predicted octanol–water partition coefficient (Wildman–Crippen LogP) is 1.41. The van der Waals surface area contributed by atoms with Gasteiger partial charge in [-0.05, 0) is 27.7 Å². The largest absolute Gasteiger partial charge is 0.444 e. The molecule has 2 fully saturated rings. The highest BCUT2D eigenvalue weighted by molar-refractivity contribution is 5.69. The zero-order chi connectivity index (χ0) is 12.6. The van der Waals surface area contributed by atoms with E-state index in [-0.39, 0.29) is 24.3 Å². The fourth-order valence-corrected chi connectivity index (χ4v) is 2.13. The molecule has 0 N–H and O–H groups in total. The number of nitrogens with zero attached hydrogens (tertiary/aromatic N) is 1. The third-order valence-corrected chi connectivity index (χ3v) is 2.92. The van der Waals surface area contributed by atoms with E-state index in [0.717, 1.165) is 0 Å². The molecule has 0 aliphatic carbocycles. The highest BCUT2D eigenvalue weighted by atomic mass is 16.6. The Balaban J connectivity index is 2.03. The van der Waals surface area contributed by atoms with Gasteiger partial charge < -0.3 is 14.2 Å². The Kier molecular flexibility index (Phi) is 3.32. The van der Waals surface area contributed by atoms with Crippen molar-refractivity contribution < 1.29 is 19.0 Å². The van der Waals surface area contributed by atoms with Crippen LogP contribution in [0.2, 0.25) is 0 Å². The van der Waals surface area contributed by atoms with Crippen LogP contribution in [0.25, 0.3) is 0 Å². The SMILES string of the molecule is C[C@H]1OCCN(C(=O)OC(C)(C)C)C1[C@@H]1CO1. The molecule has 0 aromatic rings. The summed E-state index contributed by atoms with van der Waals surface area (Å²) in [6, 6.07) is -0.0152. The molecule has 3 atom stereocenters. The average Bonchev–Trinajstić information content (AvgIpc) is 2.98. The molecule has 2 heterocycles. The third-order valence-electron chi connectivity index (χ3n) is 2.92. The quantitative estimate of drug-likeness (QED) is 0.653. The number of hydrogen-bond donors (Lipinski definition) is 0. The predicted molar refractivity (Wildman–Crippen MR) is 61.9 cm³/mol. The van der Waals surface area contributed by atoms with Gasteiger partial charge in [0.25, 0.3) is 0 Å². The molecular weight excluding hydrogens is 222 g/mol. The Bertz CT molecular complexity index is 295. The number of carbonyl (C=O) groups excluding carboxylic acids is 1. The topological polar surface area (TPSA) is 51.3 Å². The maximum absolute atomic E-state index is 12.1. The van der Waals surface area contributed by atoms with Gasteiger partial charge in [0.15, 0.2) is 0 Å². The molecule has 0 bridgehead atoms. The Morgan fingerprint density at radius 1 is 1.35 bits per heavy atom. The third kappa shape index (κ3) is 3.10. The minimum Gasteiger partial charge on any atom is -0.444 e. The molecule has 0 radical (unpaired) electrons. The summed E-state index contributed by atoms with van der Waals surface area (Å²) in [7, 11) is 0. The lowest BCUT2D eigenvalue weighted by Gasteiger charge is -2.39. The lowest BCUT2D eigenvalue weighted by atomic mass is 10.1. The smallest absolute Gasteiger partial charge is 0.410 e. The van der Waals surface area contributed by atoms with Crippen LogP contribution in [0.15, 0.2) is 0 Å². The Morgan fingerprint density at radius 2 is 2.00 bits per heavy atom. The highest BCUT2D eigenvalue weighted by Gasteiger charge is 2.45. The lowest BCUT2D eigenvalue weighted by Crippen LogP contribution is -2.56. The number of carbonyl (C=O) groups is 1. The first-order chi connectivity index (χ1) is 7.88. The molecule has 0 spiro atoms. The zero-order valence-electron chi connectivity index (χ0n) is 10.9. The maximum atomic E-state index is 12.1. The van der Waals surface area contributed by atoms with Crippen molar-refractivity contribution in [1.29, 1.82) is 0 Å². The second-order valence-electron chi connectivity index (χ2n) is 5.61. The van der Waals surface area contributed by atoms with Crippen LogP contribution in [0.1, 0.15) is 27.7 Å². The van der Waals surface area contributed by atoms with Crippen molar-refractivity contribution in [3.05, 3.63) is 0 Å². The minimum absolute atomic E-state index is 0.00349. The van der Waals surface area contributed by atoms with Crippen LogP contribution in [0, 0.1) is 0 Å². The van der Waals surface area contributed by atoms with E-state index in [1.165, 1.54) is 0 Å². The van der Waals surface area contributed by atoms with E-state index >= 15 is 0 Å². The van der Waals surface area contributed by atoms with Crippen molar-refractivity contribution in [2.75, 3.05) is 19.8 Å². The molecule has 1 amide bonds. The molecule has 5 nitrogen and oxygen atoms in total. The number of rotatable bonds is 1. The molecule has 17 heavy (non-hydrogen) atoms. The van der Waals surface area contributed by atoms with Crippen molar-refractivity contribution in [1.82, 2.24) is 4.90 Å². The van der Waals surface area contributed by atoms with Crippen LogP contribution >= 0.6 is 0 Å². The molecule has 5 heteroatoms. The molecule has 2 aliphatic heterocycles. The van der Waals surface area contributed by atoms with Gasteiger partial charge in [-0.2, -0.15) is 0 Å². The van der Waals surface area contributed by atoms with Crippen LogP contribution in [0.4, 0.5) is 4.79 Å². The summed E-state index contributed by atoms with van der Waals surface area (Å²) in [6.07, 6.45) is -0.158. The summed E-state index contributed by atoms with van der Waals surface area (Å²) < 4.78 is 16.3. The second-order valence-corrected chi connectivity index (χ2v) is 5.61. The highest BCUT2D eigenvalue weighted by Crippen LogP contribution is 2.27. The van der Waals surface area contributed by atoms with Crippen LogP contribution in [0.3, 0.4) is 0 Å². The molecule has 1 unspecified atom stereocenters. The van der Waals surface area contributed by atoms with E-state index in [0.29, 0.717) is 19.8 Å². The Hall–Kier alpha value is -0.810. The van der Waals surface area contributed by atoms with E-state index in [1.807, 2.05) is 27.7 Å². The fourth-order valence-electron chi connectivity index (χ4n) is 2.13. The normalized spacial score (nSPS) is 33.4. The van der Waals surface area contributed by atoms with Crippen molar-refractivity contribution in [3.8, 4) is 0 Å². The van der Waals surface area contributed by atoms with Crippen molar-refractivity contribution in [3.63, 3.8) is 0 Å². The summed E-state index contributed by atoms with van der Waals surface area (Å²) in [5, 5.41) is 0. The summed E-state index contributed by atoms with van der Waals surface area (Å²) in [5.41, 5.74) is -0.465. The van der Waals surface area contributed by atoms with E-state index in [4.69, 9.17) is 14.2 Å². The maximum Gasteiger partial charge on any atom is 0.410 e. The van der Waals surface area contributed by atoms with Gasteiger partial charge in [0.1, 0.15) is 11.7 Å². The minimum atomic E-state index is -0.465. The van der Waals surface area contributed by atoms with Gasteiger partial charge >= 0.3 is 6.09 Å². The first kappa shape index (κ1) is 12.6. The molecular formula is C12H21NO4. The van der Waals surface area contributed by atoms with Crippen LogP contribution < -0.4 is 0 Å². The van der Waals surface area contributed by atoms with Crippen LogP contribution in [0.5, 0.6) is 0 Å².